The number of nitrogens with zero attached hydrogens (tertiary/aromatic N) is 2. The monoisotopic (exact) mass is 468 g/mol. The van der Waals surface area contributed by atoms with E-state index in [4.69, 9.17) is 9.73 Å². The molecule has 25 heavy (non-hydrogen) atoms. The van der Waals surface area contributed by atoms with Crippen LogP contribution in [0.3, 0.4) is 0 Å². The maximum absolute atomic E-state index is 9.34. The van der Waals surface area contributed by atoms with Gasteiger partial charge in [-0.3, -0.25) is 4.99 Å². The summed E-state index contributed by atoms with van der Waals surface area (Å²) in [6.07, 6.45) is 4.27. The Morgan fingerprint density at radius 1 is 1.36 bits per heavy atom. The minimum atomic E-state index is 0. The molecule has 2 aliphatic heterocycles. The lowest BCUT2D eigenvalue weighted by molar-refractivity contribution is 0.131. The molecule has 0 saturated carbocycles. The highest BCUT2D eigenvalue weighted by molar-refractivity contribution is 14.0. The Bertz CT molecular complexity index is 389. The molecule has 2 atom stereocenters. The fourth-order valence-corrected chi connectivity index (χ4v) is 3.72. The standard InChI is InChI=1S/C18H36N4O2.HI/c1-3-8-22-9-5-16(13-22)12-20-17(19-4-2)21-14-18(6-10-23)7-11-24-15-18;/h16,23H,3-15H2,1-2H3,(H2,19,20,21);1H. The Hall–Kier alpha value is -0.120. The van der Waals surface area contributed by atoms with Crippen LogP contribution in [0.15, 0.2) is 4.99 Å². The molecule has 2 saturated heterocycles. The molecule has 0 bridgehead atoms. The van der Waals surface area contributed by atoms with Gasteiger partial charge >= 0.3 is 0 Å². The highest BCUT2D eigenvalue weighted by atomic mass is 127. The average molecular weight is 468 g/mol. The molecular weight excluding hydrogens is 431 g/mol. The molecule has 0 amide bonds. The number of aliphatic hydroxyl groups is 1. The molecule has 6 nitrogen and oxygen atoms in total. The van der Waals surface area contributed by atoms with Crippen molar-refractivity contribution in [3.63, 3.8) is 0 Å². The van der Waals surface area contributed by atoms with Crippen LogP contribution in [-0.4, -0.2) is 75.1 Å². The summed E-state index contributed by atoms with van der Waals surface area (Å²) in [5, 5.41) is 16.2. The maximum Gasteiger partial charge on any atom is 0.191 e. The van der Waals surface area contributed by atoms with Crippen molar-refractivity contribution in [1.29, 1.82) is 0 Å². The van der Waals surface area contributed by atoms with Gasteiger partial charge in [0.2, 0.25) is 0 Å². The SMILES string of the molecule is CCCN1CCC(CNC(=NCC2(CCO)CCOC2)NCC)C1.I. The second-order valence-corrected chi connectivity index (χ2v) is 7.31. The highest BCUT2D eigenvalue weighted by Crippen LogP contribution is 2.32. The van der Waals surface area contributed by atoms with Gasteiger partial charge in [0.05, 0.1) is 13.2 Å². The zero-order valence-corrected chi connectivity index (χ0v) is 18.3. The molecule has 0 aliphatic carbocycles. The number of nitrogens with one attached hydrogen (secondary N) is 2. The molecule has 0 aromatic carbocycles. The second-order valence-electron chi connectivity index (χ2n) is 7.31. The number of guanidine groups is 1. The molecule has 2 fully saturated rings. The van der Waals surface area contributed by atoms with E-state index in [0.29, 0.717) is 12.5 Å². The van der Waals surface area contributed by atoms with Gasteiger partial charge in [0.25, 0.3) is 0 Å². The predicted octanol–water partition coefficient (Wildman–Crippen LogP) is 1.68. The van der Waals surface area contributed by atoms with E-state index in [1.54, 1.807) is 0 Å². The number of ether oxygens (including phenoxy) is 1. The van der Waals surface area contributed by atoms with Crippen molar-refractivity contribution in [2.24, 2.45) is 16.3 Å². The van der Waals surface area contributed by atoms with E-state index in [1.807, 2.05) is 0 Å². The minimum absolute atomic E-state index is 0. The normalized spacial score (nSPS) is 27.3. The third-order valence-electron chi connectivity index (χ3n) is 5.21. The summed E-state index contributed by atoms with van der Waals surface area (Å²) in [5.74, 6) is 1.61. The third-order valence-corrected chi connectivity index (χ3v) is 5.21. The topological polar surface area (TPSA) is 69.1 Å². The maximum atomic E-state index is 9.34. The van der Waals surface area contributed by atoms with Gasteiger partial charge in [-0.2, -0.15) is 0 Å². The van der Waals surface area contributed by atoms with Gasteiger partial charge in [-0.1, -0.05) is 6.92 Å². The number of rotatable bonds is 9. The van der Waals surface area contributed by atoms with Crippen LogP contribution in [-0.2, 0) is 4.74 Å². The van der Waals surface area contributed by atoms with E-state index in [9.17, 15) is 5.11 Å². The summed E-state index contributed by atoms with van der Waals surface area (Å²) < 4.78 is 5.55. The summed E-state index contributed by atoms with van der Waals surface area (Å²) in [6, 6.07) is 0. The van der Waals surface area contributed by atoms with Gasteiger partial charge in [-0.25, -0.2) is 0 Å². The second kappa shape index (κ2) is 12.3. The van der Waals surface area contributed by atoms with Crippen LogP contribution < -0.4 is 10.6 Å². The Morgan fingerprint density at radius 3 is 2.84 bits per heavy atom. The number of halogens is 1. The first-order valence-electron chi connectivity index (χ1n) is 9.64. The van der Waals surface area contributed by atoms with Crippen LogP contribution in [0.5, 0.6) is 0 Å². The van der Waals surface area contributed by atoms with E-state index in [1.165, 1.54) is 32.5 Å². The van der Waals surface area contributed by atoms with Crippen LogP contribution in [0.4, 0.5) is 0 Å². The van der Waals surface area contributed by atoms with E-state index < -0.39 is 0 Å². The summed E-state index contributed by atoms with van der Waals surface area (Å²) in [5.41, 5.74) is 0.0163. The van der Waals surface area contributed by atoms with Crippen molar-refractivity contribution in [3.8, 4) is 0 Å². The molecule has 2 rings (SSSR count). The van der Waals surface area contributed by atoms with Crippen molar-refractivity contribution in [2.75, 3.05) is 59.1 Å². The van der Waals surface area contributed by atoms with Gasteiger partial charge in [0, 0.05) is 38.3 Å². The quantitative estimate of drug-likeness (QED) is 0.273. The molecule has 7 heteroatoms. The fourth-order valence-electron chi connectivity index (χ4n) is 3.72. The zero-order valence-electron chi connectivity index (χ0n) is 15.9. The molecule has 0 radical (unpaired) electrons. The third kappa shape index (κ3) is 7.56. The zero-order chi connectivity index (χ0) is 17.3. The van der Waals surface area contributed by atoms with Crippen LogP contribution >= 0.6 is 24.0 Å². The predicted molar refractivity (Wildman–Crippen MR) is 114 cm³/mol. The summed E-state index contributed by atoms with van der Waals surface area (Å²) in [6.45, 7) is 12.3. The molecule has 3 N–H and O–H groups in total. The van der Waals surface area contributed by atoms with Crippen molar-refractivity contribution >= 4 is 29.9 Å². The first kappa shape index (κ1) is 22.9. The Balaban J connectivity index is 0.00000312. The highest BCUT2D eigenvalue weighted by Gasteiger charge is 2.34. The van der Waals surface area contributed by atoms with E-state index >= 15 is 0 Å². The van der Waals surface area contributed by atoms with E-state index in [2.05, 4.69) is 29.4 Å². The Kier molecular flexibility index (Phi) is 11.3. The van der Waals surface area contributed by atoms with E-state index in [0.717, 1.165) is 45.0 Å². The number of hydrogen-bond acceptors (Lipinski definition) is 4. The first-order valence-corrected chi connectivity index (χ1v) is 9.64. The van der Waals surface area contributed by atoms with Crippen molar-refractivity contribution in [1.82, 2.24) is 15.5 Å². The van der Waals surface area contributed by atoms with Crippen molar-refractivity contribution in [2.45, 2.75) is 39.5 Å². The lowest BCUT2D eigenvalue weighted by Gasteiger charge is -2.25. The lowest BCUT2D eigenvalue weighted by Crippen LogP contribution is -2.41. The summed E-state index contributed by atoms with van der Waals surface area (Å²) >= 11 is 0. The average Bonchev–Trinajstić information content (AvgIpc) is 3.21. The van der Waals surface area contributed by atoms with Crippen molar-refractivity contribution < 1.29 is 9.84 Å². The lowest BCUT2D eigenvalue weighted by atomic mass is 9.84. The molecule has 2 heterocycles. The van der Waals surface area contributed by atoms with Gasteiger partial charge in [-0.15, -0.1) is 24.0 Å². The van der Waals surface area contributed by atoms with Gasteiger partial charge in [0.1, 0.15) is 0 Å². The Morgan fingerprint density at radius 2 is 2.20 bits per heavy atom. The molecule has 0 aromatic rings. The van der Waals surface area contributed by atoms with Crippen molar-refractivity contribution in [3.05, 3.63) is 0 Å². The van der Waals surface area contributed by atoms with Gasteiger partial charge in [0.15, 0.2) is 5.96 Å². The number of hydrogen-bond donors (Lipinski definition) is 3. The Labute approximate surface area is 170 Å². The summed E-state index contributed by atoms with van der Waals surface area (Å²) in [4.78, 5) is 7.35. The van der Waals surface area contributed by atoms with Crippen LogP contribution in [0, 0.1) is 11.3 Å². The van der Waals surface area contributed by atoms with E-state index in [-0.39, 0.29) is 36.0 Å². The number of aliphatic imine (C=N–C) groups is 1. The van der Waals surface area contributed by atoms with Gasteiger partial charge < -0.3 is 25.4 Å². The molecule has 0 spiro atoms. The molecular formula is C18H37IN4O2. The number of likely N-dealkylation sites (tertiary alicyclic amines) is 1. The van der Waals surface area contributed by atoms with Gasteiger partial charge in [-0.05, 0) is 51.6 Å². The van der Waals surface area contributed by atoms with Crippen LogP contribution in [0.2, 0.25) is 0 Å². The minimum Gasteiger partial charge on any atom is -0.396 e. The van der Waals surface area contributed by atoms with Crippen LogP contribution in [0.1, 0.15) is 39.5 Å². The summed E-state index contributed by atoms with van der Waals surface area (Å²) in [7, 11) is 0. The number of aliphatic hydroxyl groups excluding tert-OH is 1. The van der Waals surface area contributed by atoms with Crippen LogP contribution in [0.25, 0.3) is 0 Å². The molecule has 148 valence electrons. The molecule has 2 aliphatic rings. The molecule has 0 aromatic heterocycles. The fraction of sp³-hybridized carbons (Fsp3) is 0.944. The largest absolute Gasteiger partial charge is 0.396 e. The first-order chi connectivity index (χ1) is 11.7. The molecule has 2 unspecified atom stereocenters. The smallest absolute Gasteiger partial charge is 0.191 e.